The predicted octanol–water partition coefficient (Wildman–Crippen LogP) is 4.43. The van der Waals surface area contributed by atoms with Gasteiger partial charge in [0.2, 0.25) is 0 Å². The summed E-state index contributed by atoms with van der Waals surface area (Å²) in [5.41, 5.74) is -0.876. The highest BCUT2D eigenvalue weighted by atomic mass is 16.4. The van der Waals surface area contributed by atoms with Crippen LogP contribution in [0.2, 0.25) is 0 Å². The molecule has 3 aliphatic rings. The number of unbranched alkanes of at least 4 members (excludes halogenated alkanes) is 2. The molecule has 1 saturated carbocycles. The fourth-order valence-electron chi connectivity index (χ4n) is 9.78. The summed E-state index contributed by atoms with van der Waals surface area (Å²) < 4.78 is 2.10. The number of carbonyl (C=O) groups is 2. The Balaban J connectivity index is 1.50. The molecular weight excluding hydrogens is 548 g/mol. The molecular formula is C38H54N2O4. The van der Waals surface area contributed by atoms with Crippen LogP contribution < -0.4 is 10.2 Å². The molecule has 6 heteroatoms. The smallest absolute Gasteiger partial charge is 0.0784 e. The summed E-state index contributed by atoms with van der Waals surface area (Å²) in [5.74, 6) is -3.91. The van der Waals surface area contributed by atoms with E-state index in [2.05, 4.69) is 14.1 Å². The first-order chi connectivity index (χ1) is 21.2. The maximum atomic E-state index is 13.8. The van der Waals surface area contributed by atoms with Crippen LogP contribution in [0.25, 0.3) is 0 Å². The molecule has 2 saturated heterocycles. The number of hydrogen-bond acceptors (Lipinski definition) is 4. The van der Waals surface area contributed by atoms with Crippen molar-refractivity contribution in [2.24, 2.45) is 11.3 Å². The zero-order valence-corrected chi connectivity index (χ0v) is 27.2. The molecule has 240 valence electrons. The first-order valence-electron chi connectivity index (χ1n) is 17.4. The van der Waals surface area contributed by atoms with E-state index in [1.165, 1.54) is 64.7 Å². The van der Waals surface area contributed by atoms with Crippen LogP contribution in [0, 0.1) is 11.3 Å². The largest absolute Gasteiger partial charge is 0.550 e. The third-order valence-electron chi connectivity index (χ3n) is 12.1. The number of likely N-dealkylation sites (tertiary alicyclic amines) is 2. The van der Waals surface area contributed by atoms with E-state index in [1.54, 1.807) is 0 Å². The highest BCUT2D eigenvalue weighted by Gasteiger charge is 2.72. The van der Waals surface area contributed by atoms with Gasteiger partial charge in [0.15, 0.2) is 0 Å². The van der Waals surface area contributed by atoms with Crippen LogP contribution >= 0.6 is 0 Å². The summed E-state index contributed by atoms with van der Waals surface area (Å²) in [4.78, 5) is 27.0. The second kappa shape index (κ2) is 13.7. The molecule has 1 aliphatic carbocycles. The molecule has 44 heavy (non-hydrogen) atoms. The lowest BCUT2D eigenvalue weighted by Gasteiger charge is -2.71. The van der Waals surface area contributed by atoms with Gasteiger partial charge in [-0.1, -0.05) is 60.7 Å². The number of benzene rings is 2. The fraction of sp³-hybridized carbons (Fsp3) is 0.632. The summed E-state index contributed by atoms with van der Waals surface area (Å²) in [6.07, 6.45) is 11.9. The van der Waals surface area contributed by atoms with Crippen molar-refractivity contribution >= 4 is 11.9 Å². The van der Waals surface area contributed by atoms with Crippen molar-refractivity contribution in [1.29, 1.82) is 0 Å². The molecule has 0 spiro atoms. The molecule has 5 rings (SSSR count). The van der Waals surface area contributed by atoms with Gasteiger partial charge in [0, 0.05) is 34.6 Å². The van der Waals surface area contributed by atoms with Crippen molar-refractivity contribution in [1.82, 2.24) is 0 Å². The molecule has 2 aromatic rings. The van der Waals surface area contributed by atoms with Gasteiger partial charge in [-0.25, -0.2) is 0 Å². The van der Waals surface area contributed by atoms with E-state index in [0.29, 0.717) is 12.8 Å². The Morgan fingerprint density at radius 3 is 1.64 bits per heavy atom. The van der Waals surface area contributed by atoms with Gasteiger partial charge in [0.05, 0.1) is 53.4 Å². The minimum absolute atomic E-state index is 0.404. The number of carbonyl (C=O) groups excluding carboxylic acids is 2. The molecule has 4 unspecified atom stereocenters. The molecule has 0 amide bonds. The van der Waals surface area contributed by atoms with Crippen LogP contribution in [0.5, 0.6) is 0 Å². The second-order valence-corrected chi connectivity index (χ2v) is 14.9. The zero-order valence-electron chi connectivity index (χ0n) is 27.2. The summed E-state index contributed by atoms with van der Waals surface area (Å²) in [6.45, 7) is 6.78. The number of piperidine rings is 2. The molecule has 6 nitrogen and oxygen atoms in total. The predicted molar refractivity (Wildman–Crippen MR) is 170 cm³/mol. The molecule has 0 radical (unpaired) electrons. The van der Waals surface area contributed by atoms with E-state index >= 15 is 0 Å². The Kier molecular flexibility index (Phi) is 10.2. The fourth-order valence-corrected chi connectivity index (χ4v) is 9.78. The van der Waals surface area contributed by atoms with Crippen molar-refractivity contribution in [2.45, 2.75) is 88.4 Å². The van der Waals surface area contributed by atoms with E-state index in [0.717, 1.165) is 58.9 Å². The molecule has 0 bridgehead atoms. The van der Waals surface area contributed by atoms with E-state index < -0.39 is 34.6 Å². The first kappa shape index (κ1) is 32.7. The van der Waals surface area contributed by atoms with Crippen LogP contribution in [0.4, 0.5) is 0 Å². The van der Waals surface area contributed by atoms with Gasteiger partial charge >= 0.3 is 0 Å². The Morgan fingerprint density at radius 2 is 1.16 bits per heavy atom. The number of hydrogen-bond donors (Lipinski definition) is 0. The highest BCUT2D eigenvalue weighted by Crippen LogP contribution is 2.72. The zero-order chi connectivity index (χ0) is 31.3. The maximum absolute atomic E-state index is 13.8. The minimum atomic E-state index is -1.34. The monoisotopic (exact) mass is 602 g/mol. The standard InChI is InChI=1S/C38H54N2O4/c1-39(25-13-5-14-26-39)29-17-11-23-37(32-21-9-4-10-22-32)34(35(41)42)33(31-19-7-3-8-20-31)38(37,36(43)44)24-12-18-30-40(2)27-15-6-16-28-40/h3-4,7-10,19-22,33-34H,5-6,11-18,23-30H2,1-2H3. The van der Waals surface area contributed by atoms with Gasteiger partial charge in [-0.3, -0.25) is 0 Å². The van der Waals surface area contributed by atoms with Gasteiger partial charge in [-0.2, -0.15) is 0 Å². The number of nitrogens with zero attached hydrogens (tertiary/aromatic N) is 2. The topological polar surface area (TPSA) is 80.3 Å². The average Bonchev–Trinajstić information content (AvgIpc) is 3.01. The molecule has 0 N–H and O–H groups in total. The quantitative estimate of drug-likeness (QED) is 0.237. The van der Waals surface area contributed by atoms with Crippen LogP contribution in [0.3, 0.4) is 0 Å². The van der Waals surface area contributed by atoms with Gasteiger partial charge < -0.3 is 28.8 Å². The Bertz CT molecular complexity index is 1240. The van der Waals surface area contributed by atoms with Gasteiger partial charge in [-0.15, -0.1) is 0 Å². The Morgan fingerprint density at radius 1 is 0.682 bits per heavy atom. The van der Waals surface area contributed by atoms with Crippen LogP contribution in [0.15, 0.2) is 60.7 Å². The van der Waals surface area contributed by atoms with Crippen molar-refractivity contribution < 1.29 is 28.8 Å². The summed E-state index contributed by atoms with van der Waals surface area (Å²) >= 11 is 0. The number of carboxylic acids is 2. The lowest BCUT2D eigenvalue weighted by Crippen LogP contribution is -2.75. The number of rotatable bonds is 14. The lowest BCUT2D eigenvalue weighted by atomic mass is 9.33. The third kappa shape index (κ3) is 6.22. The van der Waals surface area contributed by atoms with Crippen LogP contribution in [-0.4, -0.2) is 74.3 Å². The number of aliphatic carboxylic acids is 2. The second-order valence-electron chi connectivity index (χ2n) is 14.9. The minimum Gasteiger partial charge on any atom is -0.550 e. The summed E-state index contributed by atoms with van der Waals surface area (Å²) in [5, 5.41) is 27.0. The molecule has 2 heterocycles. The maximum Gasteiger partial charge on any atom is 0.0784 e. The molecule has 2 aromatic carbocycles. The van der Waals surface area contributed by atoms with E-state index in [-0.39, 0.29) is 0 Å². The molecule has 0 aromatic heterocycles. The lowest BCUT2D eigenvalue weighted by molar-refractivity contribution is -0.914. The SMILES string of the molecule is C[N+]1(CCCCC2(C(=O)[O-])C(c3ccccc3)C(C(=O)[O-])C2(CCCC[N+]2(C)CCCCC2)c2ccccc2)CCCCC1. The Hall–Kier alpha value is -2.70. The Labute approximate surface area is 265 Å². The van der Waals surface area contributed by atoms with Gasteiger partial charge in [0.1, 0.15) is 0 Å². The number of carboxylic acid groups (broad SMARTS) is 2. The average molecular weight is 603 g/mol. The summed E-state index contributed by atoms with van der Waals surface area (Å²) in [6, 6.07) is 19.1. The van der Waals surface area contributed by atoms with Crippen molar-refractivity contribution in [3.63, 3.8) is 0 Å². The van der Waals surface area contributed by atoms with Gasteiger partial charge in [0.25, 0.3) is 0 Å². The first-order valence-corrected chi connectivity index (χ1v) is 17.4. The van der Waals surface area contributed by atoms with E-state index in [1.807, 2.05) is 60.7 Å². The highest BCUT2D eigenvalue weighted by molar-refractivity contribution is 5.87. The summed E-state index contributed by atoms with van der Waals surface area (Å²) in [7, 11) is 4.66. The van der Waals surface area contributed by atoms with E-state index in [4.69, 9.17) is 0 Å². The third-order valence-corrected chi connectivity index (χ3v) is 12.1. The van der Waals surface area contributed by atoms with E-state index in [9.17, 15) is 19.8 Å². The van der Waals surface area contributed by atoms with Crippen molar-refractivity contribution in [2.75, 3.05) is 53.4 Å². The molecule has 2 aliphatic heterocycles. The van der Waals surface area contributed by atoms with Gasteiger partial charge in [-0.05, 0) is 88.2 Å². The van der Waals surface area contributed by atoms with Crippen molar-refractivity contribution in [3.8, 4) is 0 Å². The van der Waals surface area contributed by atoms with Crippen LogP contribution in [0.1, 0.15) is 94.1 Å². The molecule has 4 atom stereocenters. The molecule has 3 fully saturated rings. The normalized spacial score (nSPS) is 29.4. The van der Waals surface area contributed by atoms with Crippen LogP contribution in [-0.2, 0) is 15.0 Å². The van der Waals surface area contributed by atoms with Crippen molar-refractivity contribution in [3.05, 3.63) is 71.8 Å². The number of quaternary nitrogens is 2.